The molecule has 2 unspecified atom stereocenters. The average molecular weight is 411 g/mol. The Bertz CT molecular complexity index is 613. The highest BCUT2D eigenvalue weighted by atomic mass is 16.7. The van der Waals surface area contributed by atoms with Gasteiger partial charge in [0.15, 0.2) is 0 Å². The predicted octanol–water partition coefficient (Wildman–Crippen LogP) is 3.37. The highest BCUT2D eigenvalue weighted by Gasteiger charge is 2.61. The fourth-order valence-corrected chi connectivity index (χ4v) is 9.00. The molecule has 0 aliphatic heterocycles. The highest BCUT2D eigenvalue weighted by molar-refractivity contribution is 5.09. The third-order valence-electron chi connectivity index (χ3n) is 10.5. The fourth-order valence-electron chi connectivity index (χ4n) is 9.00. The maximum Gasteiger partial charge on any atom is 0.332 e. The van der Waals surface area contributed by atoms with Gasteiger partial charge in [0.05, 0.1) is 0 Å². The molecule has 0 aromatic rings. The van der Waals surface area contributed by atoms with Crippen LogP contribution in [-0.2, 0) is 0 Å². The van der Waals surface area contributed by atoms with Crippen molar-refractivity contribution in [2.24, 2.45) is 46.3 Å². The van der Waals surface area contributed by atoms with Gasteiger partial charge in [-0.2, -0.15) is 0 Å². The normalized spacial score (nSPS) is 46.6. The number of fused-ring (bicyclic) bond motifs is 5. The molecule has 8 atom stereocenters. The van der Waals surface area contributed by atoms with Crippen LogP contribution in [0.4, 0.5) is 0 Å². The van der Waals surface area contributed by atoms with Gasteiger partial charge >= 0.3 is 5.97 Å². The molecule has 0 saturated heterocycles. The maximum absolute atomic E-state index is 10.0. The van der Waals surface area contributed by atoms with Gasteiger partial charge in [0, 0.05) is 6.42 Å². The molecule has 5 heteroatoms. The molecule has 4 saturated carbocycles. The van der Waals surface area contributed by atoms with Crippen molar-refractivity contribution >= 4 is 0 Å². The zero-order chi connectivity index (χ0) is 21.2. The fraction of sp³-hybridized carbons (Fsp3) is 1.00. The lowest BCUT2D eigenvalue weighted by Gasteiger charge is -2.61. The molecular formula is C24H42O5. The van der Waals surface area contributed by atoms with E-state index in [4.69, 9.17) is 0 Å². The third-order valence-corrected chi connectivity index (χ3v) is 10.5. The van der Waals surface area contributed by atoms with Crippen molar-refractivity contribution in [2.75, 3.05) is 0 Å². The molecule has 0 spiro atoms. The Kier molecular flexibility index (Phi) is 5.44. The van der Waals surface area contributed by atoms with Crippen LogP contribution in [0.3, 0.4) is 0 Å². The summed E-state index contributed by atoms with van der Waals surface area (Å²) in [7, 11) is 0. The van der Waals surface area contributed by atoms with Crippen molar-refractivity contribution < 1.29 is 25.5 Å². The molecule has 4 aliphatic rings. The first-order valence-corrected chi connectivity index (χ1v) is 12.0. The summed E-state index contributed by atoms with van der Waals surface area (Å²) in [6.07, 6.45) is 12.8. The minimum Gasteiger partial charge on any atom is -0.359 e. The molecule has 4 fully saturated rings. The molecule has 0 aromatic carbocycles. The van der Waals surface area contributed by atoms with E-state index in [0.29, 0.717) is 17.3 Å². The van der Waals surface area contributed by atoms with E-state index in [1.165, 1.54) is 57.8 Å². The summed E-state index contributed by atoms with van der Waals surface area (Å²) >= 11 is 0. The summed E-state index contributed by atoms with van der Waals surface area (Å²) in [5.41, 5.74) is 0.680. The first kappa shape index (κ1) is 22.0. The van der Waals surface area contributed by atoms with E-state index >= 15 is 0 Å². The summed E-state index contributed by atoms with van der Waals surface area (Å²) in [6, 6.07) is 0. The monoisotopic (exact) mass is 410 g/mol. The van der Waals surface area contributed by atoms with Crippen molar-refractivity contribution in [3.63, 3.8) is 0 Å². The highest BCUT2D eigenvalue weighted by Crippen LogP contribution is 2.68. The molecule has 4 rings (SSSR count). The minimum atomic E-state index is -3.49. The molecular weight excluding hydrogens is 368 g/mol. The number of hydrogen-bond acceptors (Lipinski definition) is 5. The van der Waals surface area contributed by atoms with E-state index in [1.807, 2.05) is 6.92 Å². The van der Waals surface area contributed by atoms with E-state index < -0.39 is 11.8 Å². The third kappa shape index (κ3) is 3.40. The molecule has 168 valence electrons. The maximum atomic E-state index is 10.0. The largest absolute Gasteiger partial charge is 0.359 e. The van der Waals surface area contributed by atoms with Gasteiger partial charge in [-0.05, 0) is 97.7 Å². The van der Waals surface area contributed by atoms with Crippen LogP contribution < -0.4 is 0 Å². The SMILES string of the molecule is CC(CC(O)(O)C(O)(O)O)[C@H]1CC[C@H]2[C@@H]3CCC4CCCC[C@]4(C)[C@H]3CC[C@]12C. The summed E-state index contributed by atoms with van der Waals surface area (Å²) in [4.78, 5) is 0. The van der Waals surface area contributed by atoms with Gasteiger partial charge in [0.1, 0.15) is 0 Å². The van der Waals surface area contributed by atoms with Crippen molar-refractivity contribution in [1.82, 2.24) is 0 Å². The Morgan fingerprint density at radius 1 is 0.793 bits per heavy atom. The summed E-state index contributed by atoms with van der Waals surface area (Å²) in [6.45, 7) is 6.95. The Morgan fingerprint density at radius 2 is 1.48 bits per heavy atom. The Balaban J connectivity index is 1.52. The van der Waals surface area contributed by atoms with Gasteiger partial charge in [-0.15, -0.1) is 0 Å². The standard InChI is InChI=1S/C24H42O5/c1-15(14-23(25,26)24(27,28)29)18-9-10-19-17-8-7-16-6-4-5-12-21(16,2)20(17)11-13-22(18,19)3/h15-20,25-29H,4-14H2,1-3H3/t15?,16?,17-,18+,19-,20-,21-,22+/m0/s1. The molecule has 0 amide bonds. The summed E-state index contributed by atoms with van der Waals surface area (Å²) in [5.74, 6) is -2.99. The van der Waals surface area contributed by atoms with E-state index in [0.717, 1.165) is 24.2 Å². The number of rotatable bonds is 4. The molecule has 4 aliphatic carbocycles. The van der Waals surface area contributed by atoms with E-state index in [1.54, 1.807) is 0 Å². The van der Waals surface area contributed by atoms with Crippen molar-refractivity contribution in [3.8, 4) is 0 Å². The zero-order valence-electron chi connectivity index (χ0n) is 18.5. The van der Waals surface area contributed by atoms with Crippen LogP contribution in [0.1, 0.15) is 91.4 Å². The van der Waals surface area contributed by atoms with Crippen LogP contribution in [0.15, 0.2) is 0 Å². The second-order valence-electron chi connectivity index (χ2n) is 11.8. The second kappa shape index (κ2) is 7.16. The minimum absolute atomic E-state index is 0.107. The van der Waals surface area contributed by atoms with Crippen LogP contribution in [0.5, 0.6) is 0 Å². The van der Waals surface area contributed by atoms with Gasteiger partial charge in [-0.25, -0.2) is 0 Å². The van der Waals surface area contributed by atoms with Gasteiger partial charge < -0.3 is 25.5 Å². The topological polar surface area (TPSA) is 101 Å². The summed E-state index contributed by atoms with van der Waals surface area (Å²) < 4.78 is 0. The molecule has 0 heterocycles. The Hall–Kier alpha value is -0.200. The summed E-state index contributed by atoms with van der Waals surface area (Å²) in [5, 5.41) is 48.0. The molecule has 0 bridgehead atoms. The first-order valence-electron chi connectivity index (χ1n) is 12.0. The predicted molar refractivity (Wildman–Crippen MR) is 110 cm³/mol. The van der Waals surface area contributed by atoms with Crippen LogP contribution in [0.25, 0.3) is 0 Å². The quantitative estimate of drug-likeness (QED) is 0.458. The van der Waals surface area contributed by atoms with Crippen molar-refractivity contribution in [3.05, 3.63) is 0 Å². The van der Waals surface area contributed by atoms with Crippen LogP contribution in [0, 0.1) is 46.3 Å². The first-order chi connectivity index (χ1) is 13.4. The average Bonchev–Trinajstić information content (AvgIpc) is 2.97. The van der Waals surface area contributed by atoms with Gasteiger partial charge in [-0.1, -0.05) is 33.6 Å². The van der Waals surface area contributed by atoms with Gasteiger partial charge in [-0.3, -0.25) is 0 Å². The van der Waals surface area contributed by atoms with E-state index in [2.05, 4.69) is 13.8 Å². The molecule has 0 aromatic heterocycles. The molecule has 5 N–H and O–H groups in total. The smallest absolute Gasteiger partial charge is 0.332 e. The molecule has 29 heavy (non-hydrogen) atoms. The van der Waals surface area contributed by atoms with E-state index in [-0.39, 0.29) is 17.8 Å². The second-order valence-corrected chi connectivity index (χ2v) is 11.8. The molecule has 5 nitrogen and oxygen atoms in total. The van der Waals surface area contributed by atoms with Gasteiger partial charge in [0.2, 0.25) is 5.79 Å². The lowest BCUT2D eigenvalue weighted by Crippen LogP contribution is -2.56. The van der Waals surface area contributed by atoms with Crippen molar-refractivity contribution in [2.45, 2.75) is 103 Å². The lowest BCUT2D eigenvalue weighted by atomic mass is 9.44. The Morgan fingerprint density at radius 3 is 2.17 bits per heavy atom. The van der Waals surface area contributed by atoms with Crippen LogP contribution >= 0.6 is 0 Å². The number of aliphatic hydroxyl groups is 5. The van der Waals surface area contributed by atoms with Crippen LogP contribution in [-0.4, -0.2) is 37.3 Å². The molecule has 0 radical (unpaired) electrons. The zero-order valence-corrected chi connectivity index (χ0v) is 18.5. The van der Waals surface area contributed by atoms with E-state index in [9.17, 15) is 25.5 Å². The van der Waals surface area contributed by atoms with Crippen LogP contribution in [0.2, 0.25) is 0 Å². The lowest BCUT2D eigenvalue weighted by molar-refractivity contribution is -0.450. The van der Waals surface area contributed by atoms with Crippen molar-refractivity contribution in [1.29, 1.82) is 0 Å². The number of hydrogen-bond donors (Lipinski definition) is 5. The van der Waals surface area contributed by atoms with Gasteiger partial charge in [0.25, 0.3) is 0 Å². The Labute approximate surface area is 175 Å².